The van der Waals surface area contributed by atoms with Crippen LogP contribution in [0, 0.1) is 20.8 Å². The molecular weight excluding hydrogens is 338 g/mol. The van der Waals surface area contributed by atoms with Gasteiger partial charge in [0.2, 0.25) is 0 Å². The number of hydrogen-bond acceptors (Lipinski definition) is 3. The number of imidazole rings is 1. The van der Waals surface area contributed by atoms with Crippen molar-refractivity contribution < 1.29 is 0 Å². The predicted molar refractivity (Wildman–Crippen MR) is 109 cm³/mol. The fourth-order valence-electron chi connectivity index (χ4n) is 3.29. The number of fused-ring (bicyclic) bond motifs is 1. The van der Waals surface area contributed by atoms with E-state index in [2.05, 4.69) is 65.5 Å². The number of rotatable bonds is 5. The highest BCUT2D eigenvalue weighted by Gasteiger charge is 2.14. The highest BCUT2D eigenvalue weighted by Crippen LogP contribution is 2.14. The Bertz CT molecular complexity index is 964. The number of guanidine groups is 1. The van der Waals surface area contributed by atoms with E-state index in [1.54, 1.807) is 7.05 Å². The van der Waals surface area contributed by atoms with Crippen molar-refractivity contribution in [1.82, 2.24) is 29.8 Å². The van der Waals surface area contributed by atoms with Crippen molar-refractivity contribution in [3.8, 4) is 0 Å². The molecule has 144 valence electrons. The molecule has 0 radical (unpaired) electrons. The summed E-state index contributed by atoms with van der Waals surface area (Å²) >= 11 is 0. The maximum atomic E-state index is 4.66. The van der Waals surface area contributed by atoms with E-state index in [0.717, 1.165) is 29.4 Å². The molecule has 2 N–H and O–H groups in total. The number of pyridine rings is 1. The lowest BCUT2D eigenvalue weighted by atomic mass is 10.1. The molecule has 0 aliphatic carbocycles. The molecule has 0 spiro atoms. The van der Waals surface area contributed by atoms with Gasteiger partial charge in [0.15, 0.2) is 5.96 Å². The van der Waals surface area contributed by atoms with E-state index < -0.39 is 0 Å². The molecule has 27 heavy (non-hydrogen) atoms. The lowest BCUT2D eigenvalue weighted by Crippen LogP contribution is -2.42. The Morgan fingerprint density at radius 2 is 2.07 bits per heavy atom. The maximum Gasteiger partial charge on any atom is 0.191 e. The van der Waals surface area contributed by atoms with Gasteiger partial charge in [0.1, 0.15) is 5.65 Å². The first-order chi connectivity index (χ1) is 12.9. The standard InChI is InChI=1S/C20H29N7/c1-13-7-8-27-12-17(24-19(27)9-13)11-22-20(21-5)23-14(2)10-18-15(3)25-26(6)16(18)4/h7-9,12,14H,10-11H2,1-6H3,(H2,21,22,23). The summed E-state index contributed by atoms with van der Waals surface area (Å²) in [6.45, 7) is 9.03. The van der Waals surface area contributed by atoms with Gasteiger partial charge in [0.05, 0.1) is 17.9 Å². The number of aliphatic imine (C=N–C) groups is 1. The summed E-state index contributed by atoms with van der Waals surface area (Å²) in [5, 5.41) is 11.3. The third kappa shape index (κ3) is 4.30. The summed E-state index contributed by atoms with van der Waals surface area (Å²) in [5.41, 5.74) is 6.75. The highest BCUT2D eigenvalue weighted by molar-refractivity contribution is 5.79. The zero-order valence-electron chi connectivity index (χ0n) is 17.0. The summed E-state index contributed by atoms with van der Waals surface area (Å²) in [7, 11) is 3.77. The molecule has 0 amide bonds. The largest absolute Gasteiger partial charge is 0.354 e. The minimum absolute atomic E-state index is 0.238. The minimum Gasteiger partial charge on any atom is -0.354 e. The van der Waals surface area contributed by atoms with Crippen LogP contribution in [0.3, 0.4) is 0 Å². The SMILES string of the molecule is CN=C(NCc1cn2ccc(C)cc2n1)NC(C)Cc1c(C)nn(C)c1C. The van der Waals surface area contributed by atoms with Crippen molar-refractivity contribution in [1.29, 1.82) is 0 Å². The van der Waals surface area contributed by atoms with Crippen LogP contribution in [-0.4, -0.2) is 38.2 Å². The molecular formula is C20H29N7. The van der Waals surface area contributed by atoms with Crippen LogP contribution in [0.25, 0.3) is 5.65 Å². The van der Waals surface area contributed by atoms with Crippen molar-refractivity contribution in [3.05, 3.63) is 52.7 Å². The molecule has 3 heterocycles. The number of aryl methyl sites for hydroxylation is 3. The maximum absolute atomic E-state index is 4.66. The van der Waals surface area contributed by atoms with Crippen LogP contribution in [0.2, 0.25) is 0 Å². The molecule has 0 aliphatic heterocycles. The number of nitrogens with one attached hydrogen (secondary N) is 2. The summed E-state index contributed by atoms with van der Waals surface area (Å²) in [6.07, 6.45) is 4.98. The van der Waals surface area contributed by atoms with E-state index in [9.17, 15) is 0 Å². The summed E-state index contributed by atoms with van der Waals surface area (Å²) in [5.74, 6) is 0.773. The third-order valence-electron chi connectivity index (χ3n) is 4.88. The Morgan fingerprint density at radius 1 is 1.30 bits per heavy atom. The lowest BCUT2D eigenvalue weighted by molar-refractivity contribution is 0.634. The van der Waals surface area contributed by atoms with Gasteiger partial charge < -0.3 is 15.0 Å². The molecule has 0 aromatic carbocycles. The van der Waals surface area contributed by atoms with Crippen LogP contribution in [-0.2, 0) is 20.0 Å². The average molecular weight is 368 g/mol. The molecule has 0 aliphatic rings. The van der Waals surface area contributed by atoms with E-state index in [0.29, 0.717) is 6.54 Å². The van der Waals surface area contributed by atoms with E-state index in [4.69, 9.17) is 0 Å². The Balaban J connectivity index is 1.59. The summed E-state index contributed by atoms with van der Waals surface area (Å²) in [4.78, 5) is 9.00. The Labute approximate surface area is 160 Å². The normalized spacial score (nSPS) is 13.2. The second-order valence-corrected chi connectivity index (χ2v) is 7.15. The van der Waals surface area contributed by atoms with Crippen molar-refractivity contribution in [2.45, 2.75) is 46.7 Å². The molecule has 7 heteroatoms. The van der Waals surface area contributed by atoms with Gasteiger partial charge in [0, 0.05) is 38.2 Å². The van der Waals surface area contributed by atoms with Crippen molar-refractivity contribution in [2.75, 3.05) is 7.05 Å². The van der Waals surface area contributed by atoms with Crippen molar-refractivity contribution in [2.24, 2.45) is 12.0 Å². The fraction of sp³-hybridized carbons (Fsp3) is 0.450. The Hall–Kier alpha value is -2.83. The first-order valence-corrected chi connectivity index (χ1v) is 9.28. The fourth-order valence-corrected chi connectivity index (χ4v) is 3.29. The van der Waals surface area contributed by atoms with Gasteiger partial charge in [-0.15, -0.1) is 0 Å². The zero-order chi connectivity index (χ0) is 19.6. The highest BCUT2D eigenvalue weighted by atomic mass is 15.3. The second kappa shape index (κ2) is 7.82. The molecule has 0 bridgehead atoms. The molecule has 3 aromatic rings. The van der Waals surface area contributed by atoms with Crippen molar-refractivity contribution in [3.63, 3.8) is 0 Å². The molecule has 3 aromatic heterocycles. The second-order valence-electron chi connectivity index (χ2n) is 7.15. The number of nitrogens with zero attached hydrogens (tertiary/aromatic N) is 5. The van der Waals surface area contributed by atoms with E-state index >= 15 is 0 Å². The molecule has 7 nitrogen and oxygen atoms in total. The topological polar surface area (TPSA) is 71.5 Å². The van der Waals surface area contributed by atoms with E-state index in [1.165, 1.54) is 16.8 Å². The molecule has 0 saturated carbocycles. The molecule has 3 rings (SSSR count). The molecule has 0 saturated heterocycles. The minimum atomic E-state index is 0.238. The first-order valence-electron chi connectivity index (χ1n) is 9.28. The van der Waals surface area contributed by atoms with Crippen LogP contribution >= 0.6 is 0 Å². The third-order valence-corrected chi connectivity index (χ3v) is 4.88. The van der Waals surface area contributed by atoms with Crippen molar-refractivity contribution >= 4 is 11.6 Å². The molecule has 0 fully saturated rings. The smallest absolute Gasteiger partial charge is 0.191 e. The Kier molecular flexibility index (Phi) is 5.48. The van der Waals surface area contributed by atoms with E-state index in [-0.39, 0.29) is 6.04 Å². The van der Waals surface area contributed by atoms with Gasteiger partial charge in [-0.2, -0.15) is 5.10 Å². The van der Waals surface area contributed by atoms with Crippen LogP contribution < -0.4 is 10.6 Å². The van der Waals surface area contributed by atoms with Gasteiger partial charge in [-0.25, -0.2) is 4.98 Å². The van der Waals surface area contributed by atoms with Crippen LogP contribution in [0.15, 0.2) is 29.5 Å². The number of aromatic nitrogens is 4. The van der Waals surface area contributed by atoms with Gasteiger partial charge in [-0.05, 0) is 57.4 Å². The predicted octanol–water partition coefficient (Wildman–Crippen LogP) is 2.29. The van der Waals surface area contributed by atoms with Gasteiger partial charge in [0.25, 0.3) is 0 Å². The quantitative estimate of drug-likeness (QED) is 0.536. The lowest BCUT2D eigenvalue weighted by Gasteiger charge is -2.18. The van der Waals surface area contributed by atoms with Gasteiger partial charge in [-0.1, -0.05) is 0 Å². The number of hydrogen-bond donors (Lipinski definition) is 2. The summed E-state index contributed by atoms with van der Waals surface area (Å²) in [6, 6.07) is 4.40. The zero-order valence-corrected chi connectivity index (χ0v) is 17.0. The Morgan fingerprint density at radius 3 is 2.74 bits per heavy atom. The summed E-state index contributed by atoms with van der Waals surface area (Å²) < 4.78 is 3.98. The van der Waals surface area contributed by atoms with E-state index in [1.807, 2.05) is 28.5 Å². The average Bonchev–Trinajstić information content (AvgIpc) is 3.13. The monoisotopic (exact) mass is 367 g/mol. The van der Waals surface area contributed by atoms with Crippen LogP contribution in [0.4, 0.5) is 0 Å². The van der Waals surface area contributed by atoms with Crippen LogP contribution in [0.1, 0.15) is 35.1 Å². The first kappa shape index (κ1) is 18.9. The van der Waals surface area contributed by atoms with Gasteiger partial charge >= 0.3 is 0 Å². The van der Waals surface area contributed by atoms with Gasteiger partial charge in [-0.3, -0.25) is 9.67 Å². The van der Waals surface area contributed by atoms with Crippen LogP contribution in [0.5, 0.6) is 0 Å². The molecule has 1 atom stereocenters. The molecule has 1 unspecified atom stereocenters.